The molecule has 1 fully saturated rings. The molecule has 1 aliphatic carbocycles. The number of carbonyl (C=O) groups is 1. The van der Waals surface area contributed by atoms with Crippen molar-refractivity contribution in [1.29, 1.82) is 0 Å². The van der Waals surface area contributed by atoms with Gasteiger partial charge in [0.2, 0.25) is 5.91 Å². The molecule has 1 amide bonds. The van der Waals surface area contributed by atoms with Crippen molar-refractivity contribution in [2.24, 2.45) is 5.92 Å². The second-order valence-corrected chi connectivity index (χ2v) is 13.2. The van der Waals surface area contributed by atoms with Gasteiger partial charge in [-0.1, -0.05) is 58.7 Å². The van der Waals surface area contributed by atoms with E-state index in [-0.39, 0.29) is 30.8 Å². The molecule has 0 heterocycles. The summed E-state index contributed by atoms with van der Waals surface area (Å²) in [5.74, 6) is 3.76. The molecular weight excluding hydrogens is 330 g/mol. The summed E-state index contributed by atoms with van der Waals surface area (Å²) in [4.78, 5) is 14.6. The van der Waals surface area contributed by atoms with E-state index in [9.17, 15) is 4.79 Å². The summed E-state index contributed by atoms with van der Waals surface area (Å²) in [6, 6.07) is 0.264. The lowest BCUT2D eigenvalue weighted by Crippen LogP contribution is -2.55. The third kappa shape index (κ3) is 7.51. The standard InChI is InChI=1S/C20H37NO3Si/c1-16(2)20(19(24-15-23-4)13-14-25(5,6)7)21(17(3)22)18-11-9-8-10-12-18/h16,18-20H,8-12,15H2,1-7H3/t19-,20+/m1/s1. The lowest BCUT2D eigenvalue weighted by atomic mass is 9.89. The Hall–Kier alpha value is -0.833. The van der Waals surface area contributed by atoms with E-state index in [2.05, 4.69) is 49.9 Å². The Labute approximate surface area is 155 Å². The van der Waals surface area contributed by atoms with E-state index in [0.717, 1.165) is 12.8 Å². The number of methoxy groups -OCH3 is 1. The molecule has 2 atom stereocenters. The normalized spacial score (nSPS) is 18.4. The van der Waals surface area contributed by atoms with Crippen LogP contribution in [0.15, 0.2) is 0 Å². The van der Waals surface area contributed by atoms with Crippen LogP contribution in [0.2, 0.25) is 19.6 Å². The van der Waals surface area contributed by atoms with Gasteiger partial charge < -0.3 is 14.4 Å². The maximum absolute atomic E-state index is 12.6. The highest BCUT2D eigenvalue weighted by Gasteiger charge is 2.36. The van der Waals surface area contributed by atoms with Crippen LogP contribution in [0.5, 0.6) is 0 Å². The van der Waals surface area contributed by atoms with Gasteiger partial charge in [-0.25, -0.2) is 0 Å². The van der Waals surface area contributed by atoms with Crippen LogP contribution in [-0.4, -0.2) is 51.0 Å². The van der Waals surface area contributed by atoms with Crippen LogP contribution >= 0.6 is 0 Å². The first kappa shape index (κ1) is 22.2. The SMILES string of the molecule is COCO[C@H](C#C[Si](C)(C)C)[C@H](C(C)C)N(C(C)=O)C1CCCCC1. The van der Waals surface area contributed by atoms with Crippen LogP contribution in [0.3, 0.4) is 0 Å². The summed E-state index contributed by atoms with van der Waals surface area (Å²) < 4.78 is 11.1. The van der Waals surface area contributed by atoms with Crippen LogP contribution in [0, 0.1) is 17.4 Å². The molecule has 0 saturated heterocycles. The monoisotopic (exact) mass is 367 g/mol. The fourth-order valence-corrected chi connectivity index (χ4v) is 4.12. The fraction of sp³-hybridized carbons (Fsp3) is 0.850. The minimum atomic E-state index is -1.53. The lowest BCUT2D eigenvalue weighted by molar-refractivity contribution is -0.144. The Morgan fingerprint density at radius 3 is 2.24 bits per heavy atom. The van der Waals surface area contributed by atoms with Crippen molar-refractivity contribution in [2.45, 2.75) is 90.7 Å². The molecule has 0 aliphatic heterocycles. The topological polar surface area (TPSA) is 38.8 Å². The van der Waals surface area contributed by atoms with Gasteiger partial charge in [-0.05, 0) is 18.8 Å². The number of amides is 1. The third-order valence-corrected chi connectivity index (χ3v) is 5.50. The molecule has 0 aromatic carbocycles. The number of nitrogens with zero attached hydrogens (tertiary/aromatic N) is 1. The molecule has 144 valence electrons. The zero-order valence-electron chi connectivity index (χ0n) is 17.2. The predicted octanol–water partition coefficient (Wildman–Crippen LogP) is 4.06. The second kappa shape index (κ2) is 10.3. The third-order valence-electron chi connectivity index (χ3n) is 4.60. The van der Waals surface area contributed by atoms with E-state index in [1.54, 1.807) is 14.0 Å². The first-order chi connectivity index (χ1) is 11.7. The van der Waals surface area contributed by atoms with Crippen molar-refractivity contribution in [1.82, 2.24) is 4.90 Å². The fourth-order valence-electron chi connectivity index (χ4n) is 3.54. The molecular formula is C20H37NO3Si. The molecule has 0 aromatic heterocycles. The summed E-state index contributed by atoms with van der Waals surface area (Å²) in [6.45, 7) is 12.9. The van der Waals surface area contributed by atoms with Gasteiger partial charge in [0.1, 0.15) is 21.0 Å². The lowest BCUT2D eigenvalue weighted by Gasteiger charge is -2.43. The molecule has 0 unspecified atom stereocenters. The van der Waals surface area contributed by atoms with E-state index in [4.69, 9.17) is 9.47 Å². The van der Waals surface area contributed by atoms with Gasteiger partial charge in [-0.3, -0.25) is 4.79 Å². The predicted molar refractivity (Wildman–Crippen MR) is 106 cm³/mol. The molecule has 4 nitrogen and oxygen atoms in total. The maximum Gasteiger partial charge on any atom is 0.220 e. The van der Waals surface area contributed by atoms with Gasteiger partial charge in [0.25, 0.3) is 0 Å². The first-order valence-corrected chi connectivity index (χ1v) is 13.1. The summed E-state index contributed by atoms with van der Waals surface area (Å²) in [7, 11) is 0.0956. The largest absolute Gasteiger partial charge is 0.359 e. The first-order valence-electron chi connectivity index (χ1n) is 9.59. The van der Waals surface area contributed by atoms with Gasteiger partial charge in [-0.2, -0.15) is 0 Å². The molecule has 0 spiro atoms. The molecule has 1 aliphatic rings. The number of ether oxygens (including phenoxy) is 2. The summed E-state index contributed by atoms with van der Waals surface area (Å²) in [6.07, 6.45) is 5.53. The molecule has 0 bridgehead atoms. The Morgan fingerprint density at radius 2 is 1.80 bits per heavy atom. The molecule has 0 N–H and O–H groups in total. The molecule has 1 saturated carbocycles. The van der Waals surface area contributed by atoms with Gasteiger partial charge in [0.15, 0.2) is 0 Å². The highest BCUT2D eigenvalue weighted by molar-refractivity contribution is 6.83. The van der Waals surface area contributed by atoms with Crippen molar-refractivity contribution in [2.75, 3.05) is 13.9 Å². The number of rotatable bonds is 7. The molecule has 0 aromatic rings. The van der Waals surface area contributed by atoms with Crippen LogP contribution in [0.4, 0.5) is 0 Å². The van der Waals surface area contributed by atoms with Crippen LogP contribution in [0.1, 0.15) is 52.9 Å². The minimum absolute atomic E-state index is 0.0420. The second-order valence-electron chi connectivity index (χ2n) is 8.47. The van der Waals surface area contributed by atoms with Gasteiger partial charge in [0, 0.05) is 20.1 Å². The van der Waals surface area contributed by atoms with E-state index in [0.29, 0.717) is 6.04 Å². The Balaban J connectivity index is 3.17. The molecule has 25 heavy (non-hydrogen) atoms. The average molecular weight is 368 g/mol. The quantitative estimate of drug-likeness (QED) is 0.387. The maximum atomic E-state index is 12.6. The Kier molecular flexibility index (Phi) is 9.19. The number of hydrogen-bond acceptors (Lipinski definition) is 3. The zero-order chi connectivity index (χ0) is 19.0. The highest BCUT2D eigenvalue weighted by atomic mass is 28.3. The summed E-state index contributed by atoms with van der Waals surface area (Å²) in [5, 5.41) is 0. The highest BCUT2D eigenvalue weighted by Crippen LogP contribution is 2.28. The number of carbonyl (C=O) groups excluding carboxylic acids is 1. The molecule has 1 rings (SSSR count). The number of hydrogen-bond donors (Lipinski definition) is 0. The van der Waals surface area contributed by atoms with Gasteiger partial charge in [0.05, 0.1) is 6.04 Å². The van der Waals surface area contributed by atoms with Crippen LogP contribution in [0.25, 0.3) is 0 Å². The van der Waals surface area contributed by atoms with Crippen LogP contribution in [-0.2, 0) is 14.3 Å². The van der Waals surface area contributed by atoms with E-state index in [1.807, 2.05) is 0 Å². The molecule has 5 heteroatoms. The van der Waals surface area contributed by atoms with Crippen LogP contribution < -0.4 is 0 Å². The van der Waals surface area contributed by atoms with E-state index < -0.39 is 8.07 Å². The summed E-state index contributed by atoms with van der Waals surface area (Å²) in [5.41, 5.74) is 3.43. The van der Waals surface area contributed by atoms with Gasteiger partial charge >= 0.3 is 0 Å². The Morgan fingerprint density at radius 1 is 1.20 bits per heavy atom. The van der Waals surface area contributed by atoms with Crippen molar-refractivity contribution >= 4 is 14.0 Å². The average Bonchev–Trinajstić information content (AvgIpc) is 2.52. The van der Waals surface area contributed by atoms with Crippen molar-refractivity contribution < 1.29 is 14.3 Å². The zero-order valence-corrected chi connectivity index (χ0v) is 18.2. The molecule has 0 radical (unpaired) electrons. The minimum Gasteiger partial charge on any atom is -0.359 e. The van der Waals surface area contributed by atoms with E-state index >= 15 is 0 Å². The van der Waals surface area contributed by atoms with E-state index in [1.165, 1.54) is 19.3 Å². The summed E-state index contributed by atoms with van der Waals surface area (Å²) >= 11 is 0. The van der Waals surface area contributed by atoms with Crippen molar-refractivity contribution in [3.63, 3.8) is 0 Å². The van der Waals surface area contributed by atoms with Crippen molar-refractivity contribution in [3.8, 4) is 11.5 Å². The van der Waals surface area contributed by atoms with Gasteiger partial charge in [-0.15, -0.1) is 5.54 Å². The van der Waals surface area contributed by atoms with Crippen molar-refractivity contribution in [3.05, 3.63) is 0 Å². The smallest absolute Gasteiger partial charge is 0.220 e. The Bertz CT molecular complexity index is 470.